The molecule has 0 spiro atoms. The molecule has 0 saturated heterocycles. The van der Waals surface area contributed by atoms with Gasteiger partial charge in [0.25, 0.3) is 0 Å². The molecule has 0 heterocycles. The first-order chi connectivity index (χ1) is 15.2. The SMILES string of the molecule is COc1ccc(N=CC=C(Nc2ccc(OC)cc2)c2ccc3ccccc3c2)cc1. The largest absolute Gasteiger partial charge is 0.497 e. The monoisotopic (exact) mass is 408 g/mol. The molecule has 0 fully saturated rings. The van der Waals surface area contributed by atoms with E-state index in [1.165, 1.54) is 10.8 Å². The zero-order chi connectivity index (χ0) is 21.5. The molecule has 4 aromatic carbocycles. The summed E-state index contributed by atoms with van der Waals surface area (Å²) in [6.07, 6.45) is 3.79. The number of ether oxygens (including phenoxy) is 2. The minimum atomic E-state index is 0.813. The Morgan fingerprint density at radius 1 is 0.742 bits per heavy atom. The third-order valence-electron chi connectivity index (χ3n) is 4.97. The normalized spacial score (nSPS) is 11.6. The van der Waals surface area contributed by atoms with Crippen LogP contribution in [0.3, 0.4) is 0 Å². The standard InChI is InChI=1S/C27H24N2O2/c1-30-25-13-9-23(10-14-25)28-18-17-27(29-24-11-15-26(31-2)16-12-24)22-8-7-20-5-3-4-6-21(20)19-22/h3-19,29H,1-2H3. The minimum Gasteiger partial charge on any atom is -0.497 e. The van der Waals surface area contributed by atoms with Gasteiger partial charge in [-0.05, 0) is 77.0 Å². The zero-order valence-corrected chi connectivity index (χ0v) is 17.6. The molecule has 0 bridgehead atoms. The molecule has 0 atom stereocenters. The van der Waals surface area contributed by atoms with Crippen LogP contribution in [-0.4, -0.2) is 20.4 Å². The number of hydrogen-bond donors (Lipinski definition) is 1. The molecule has 0 aliphatic rings. The number of fused-ring (bicyclic) bond motifs is 1. The van der Waals surface area contributed by atoms with Crippen molar-refractivity contribution in [3.8, 4) is 11.5 Å². The third-order valence-corrected chi connectivity index (χ3v) is 4.97. The van der Waals surface area contributed by atoms with Crippen molar-refractivity contribution >= 4 is 34.1 Å². The maximum atomic E-state index is 5.26. The van der Waals surface area contributed by atoms with Crippen LogP contribution in [-0.2, 0) is 0 Å². The van der Waals surface area contributed by atoms with Crippen molar-refractivity contribution in [1.29, 1.82) is 0 Å². The first-order valence-corrected chi connectivity index (χ1v) is 10.0. The van der Waals surface area contributed by atoms with Crippen molar-refractivity contribution in [3.05, 3.63) is 103 Å². The molecule has 0 radical (unpaired) electrons. The Morgan fingerprint density at radius 3 is 2.06 bits per heavy atom. The zero-order valence-electron chi connectivity index (χ0n) is 17.6. The summed E-state index contributed by atoms with van der Waals surface area (Å²) in [6, 6.07) is 30.3. The molecule has 1 N–H and O–H groups in total. The summed E-state index contributed by atoms with van der Waals surface area (Å²) in [5, 5.41) is 5.91. The van der Waals surface area contributed by atoms with Crippen molar-refractivity contribution in [1.82, 2.24) is 0 Å². The van der Waals surface area contributed by atoms with Gasteiger partial charge in [0.05, 0.1) is 19.9 Å². The fourth-order valence-corrected chi connectivity index (χ4v) is 3.26. The first kappa shape index (κ1) is 20.2. The number of hydrogen-bond acceptors (Lipinski definition) is 4. The van der Waals surface area contributed by atoms with Gasteiger partial charge < -0.3 is 14.8 Å². The lowest BCUT2D eigenvalue weighted by molar-refractivity contribution is 0.415. The number of anilines is 1. The van der Waals surface area contributed by atoms with Gasteiger partial charge in [-0.15, -0.1) is 0 Å². The highest BCUT2D eigenvalue weighted by molar-refractivity contribution is 5.93. The lowest BCUT2D eigenvalue weighted by Crippen LogP contribution is -1.99. The average Bonchev–Trinajstić information content (AvgIpc) is 2.84. The Hall–Kier alpha value is -4.05. The van der Waals surface area contributed by atoms with E-state index in [1.807, 2.05) is 60.8 Å². The van der Waals surface area contributed by atoms with Crippen molar-refractivity contribution in [2.75, 3.05) is 19.5 Å². The summed E-state index contributed by atoms with van der Waals surface area (Å²) in [4.78, 5) is 4.56. The highest BCUT2D eigenvalue weighted by Crippen LogP contribution is 2.24. The summed E-state index contributed by atoms with van der Waals surface area (Å²) in [6.45, 7) is 0. The Bertz CT molecular complexity index is 1210. The molecule has 0 amide bonds. The highest BCUT2D eigenvalue weighted by Gasteiger charge is 2.04. The summed E-state index contributed by atoms with van der Waals surface area (Å²) in [5.74, 6) is 1.63. The van der Waals surface area contributed by atoms with E-state index in [0.717, 1.165) is 34.1 Å². The molecule has 0 saturated carbocycles. The molecule has 4 heteroatoms. The number of aliphatic imine (C=N–C) groups is 1. The first-order valence-electron chi connectivity index (χ1n) is 10.0. The van der Waals surface area contributed by atoms with Crippen LogP contribution < -0.4 is 14.8 Å². The van der Waals surface area contributed by atoms with Gasteiger partial charge in [0, 0.05) is 17.6 Å². The van der Waals surface area contributed by atoms with E-state index in [4.69, 9.17) is 9.47 Å². The Balaban J connectivity index is 1.65. The van der Waals surface area contributed by atoms with E-state index >= 15 is 0 Å². The van der Waals surface area contributed by atoms with E-state index in [2.05, 4.69) is 52.8 Å². The summed E-state index contributed by atoms with van der Waals surface area (Å²) in [7, 11) is 3.32. The summed E-state index contributed by atoms with van der Waals surface area (Å²) in [5.41, 5.74) is 3.86. The Labute approximate surface area is 182 Å². The molecule has 0 unspecified atom stereocenters. The van der Waals surface area contributed by atoms with Crippen molar-refractivity contribution in [2.45, 2.75) is 0 Å². The van der Waals surface area contributed by atoms with Crippen LogP contribution >= 0.6 is 0 Å². The predicted octanol–water partition coefficient (Wildman–Crippen LogP) is 6.71. The highest BCUT2D eigenvalue weighted by atomic mass is 16.5. The van der Waals surface area contributed by atoms with Gasteiger partial charge in [0.2, 0.25) is 0 Å². The second-order valence-corrected chi connectivity index (χ2v) is 6.97. The lowest BCUT2D eigenvalue weighted by Gasteiger charge is -2.12. The number of benzene rings is 4. The van der Waals surface area contributed by atoms with Gasteiger partial charge in [-0.25, -0.2) is 0 Å². The second-order valence-electron chi connectivity index (χ2n) is 6.97. The Kier molecular flexibility index (Phi) is 6.29. The fraction of sp³-hybridized carbons (Fsp3) is 0.0741. The van der Waals surface area contributed by atoms with Crippen LogP contribution in [0, 0.1) is 0 Å². The fourth-order valence-electron chi connectivity index (χ4n) is 3.26. The predicted molar refractivity (Wildman–Crippen MR) is 130 cm³/mol. The van der Waals surface area contributed by atoms with Gasteiger partial charge in [0.1, 0.15) is 11.5 Å². The van der Waals surface area contributed by atoms with E-state index in [0.29, 0.717) is 0 Å². The van der Waals surface area contributed by atoms with E-state index < -0.39 is 0 Å². The van der Waals surface area contributed by atoms with Gasteiger partial charge in [-0.1, -0.05) is 36.4 Å². The molecule has 154 valence electrons. The van der Waals surface area contributed by atoms with E-state index in [1.54, 1.807) is 14.2 Å². The molecule has 0 aromatic heterocycles. The molecule has 4 aromatic rings. The van der Waals surface area contributed by atoms with E-state index in [-0.39, 0.29) is 0 Å². The van der Waals surface area contributed by atoms with Gasteiger partial charge in [-0.2, -0.15) is 0 Å². The van der Waals surface area contributed by atoms with Crippen LogP contribution in [0.1, 0.15) is 5.56 Å². The molecular weight excluding hydrogens is 384 g/mol. The van der Waals surface area contributed by atoms with Gasteiger partial charge in [0.15, 0.2) is 0 Å². The summed E-state index contributed by atoms with van der Waals surface area (Å²) >= 11 is 0. The quantitative estimate of drug-likeness (QED) is 0.346. The van der Waals surface area contributed by atoms with Crippen molar-refractivity contribution in [3.63, 3.8) is 0 Å². The van der Waals surface area contributed by atoms with Crippen LogP contribution in [0.25, 0.3) is 16.5 Å². The maximum absolute atomic E-state index is 5.26. The maximum Gasteiger partial charge on any atom is 0.119 e. The molecular formula is C27H24N2O2. The van der Waals surface area contributed by atoms with Crippen LogP contribution in [0.2, 0.25) is 0 Å². The van der Waals surface area contributed by atoms with Gasteiger partial charge >= 0.3 is 0 Å². The van der Waals surface area contributed by atoms with E-state index in [9.17, 15) is 0 Å². The number of methoxy groups -OCH3 is 2. The number of rotatable bonds is 7. The summed E-state index contributed by atoms with van der Waals surface area (Å²) < 4.78 is 10.5. The van der Waals surface area contributed by atoms with Crippen molar-refractivity contribution < 1.29 is 9.47 Å². The molecule has 31 heavy (non-hydrogen) atoms. The molecule has 0 aliphatic carbocycles. The number of allylic oxidation sites excluding steroid dienone is 1. The second kappa shape index (κ2) is 9.63. The molecule has 4 nitrogen and oxygen atoms in total. The number of nitrogens with one attached hydrogen (secondary N) is 1. The Morgan fingerprint density at radius 2 is 1.39 bits per heavy atom. The third kappa shape index (κ3) is 5.11. The average molecular weight is 409 g/mol. The van der Waals surface area contributed by atoms with Gasteiger partial charge in [-0.3, -0.25) is 4.99 Å². The number of nitrogens with zero attached hydrogens (tertiary/aromatic N) is 1. The van der Waals surface area contributed by atoms with Crippen LogP contribution in [0.15, 0.2) is 102 Å². The lowest BCUT2D eigenvalue weighted by atomic mass is 10.0. The van der Waals surface area contributed by atoms with Crippen molar-refractivity contribution in [2.24, 2.45) is 4.99 Å². The van der Waals surface area contributed by atoms with Crippen LogP contribution in [0.4, 0.5) is 11.4 Å². The minimum absolute atomic E-state index is 0.813. The molecule has 4 rings (SSSR count). The smallest absolute Gasteiger partial charge is 0.119 e. The molecule has 0 aliphatic heterocycles. The topological polar surface area (TPSA) is 42.8 Å². The van der Waals surface area contributed by atoms with Crippen LogP contribution in [0.5, 0.6) is 11.5 Å².